The largest absolute Gasteiger partial charge is 0.309 e. The van der Waals surface area contributed by atoms with Gasteiger partial charge in [-0.25, -0.2) is 9.97 Å². The number of fused-ring (bicyclic) bond motifs is 14. The van der Waals surface area contributed by atoms with Gasteiger partial charge in [-0.2, -0.15) is 0 Å². The van der Waals surface area contributed by atoms with Crippen molar-refractivity contribution < 1.29 is 0 Å². The van der Waals surface area contributed by atoms with Gasteiger partial charge < -0.3 is 4.57 Å². The third-order valence-electron chi connectivity index (χ3n) is 13.1. The van der Waals surface area contributed by atoms with E-state index < -0.39 is 0 Å². The van der Waals surface area contributed by atoms with Crippen LogP contribution in [-0.4, -0.2) is 19.1 Å². The molecule has 3 aromatic heterocycles. The van der Waals surface area contributed by atoms with E-state index in [2.05, 4.69) is 205 Å². The minimum atomic E-state index is -0.118. The summed E-state index contributed by atoms with van der Waals surface area (Å²) in [6.45, 7) is 4.67. The zero-order valence-electron chi connectivity index (χ0n) is 32.6. The van der Waals surface area contributed by atoms with E-state index in [0.29, 0.717) is 5.95 Å². The predicted molar refractivity (Wildman–Crippen MR) is 246 cm³/mol. The van der Waals surface area contributed by atoms with Crippen molar-refractivity contribution in [2.45, 2.75) is 19.3 Å². The molecule has 4 nitrogen and oxygen atoms in total. The number of rotatable bonds is 3. The molecule has 0 amide bonds. The smallest absolute Gasteiger partial charge is 0.235 e. The SMILES string of the molecule is CC1(C)c2ccccc2-c2ccc(-c3nc(-n4c5ccccc5c5c6cc(-n7c8ccccc8c8ccc9ccccc9c87)ccc6ccc54)nc4ccccc34)cc21. The van der Waals surface area contributed by atoms with Gasteiger partial charge in [0, 0.05) is 49.0 Å². The minimum absolute atomic E-state index is 0.118. The van der Waals surface area contributed by atoms with Crippen molar-refractivity contribution in [2.24, 2.45) is 0 Å². The van der Waals surface area contributed by atoms with Gasteiger partial charge in [0.2, 0.25) is 5.95 Å². The van der Waals surface area contributed by atoms with E-state index in [1.165, 1.54) is 76.4 Å². The zero-order chi connectivity index (χ0) is 39.0. The van der Waals surface area contributed by atoms with Crippen LogP contribution < -0.4 is 0 Å². The number of aromatic nitrogens is 4. The summed E-state index contributed by atoms with van der Waals surface area (Å²) in [6, 6.07) is 66.3. The summed E-state index contributed by atoms with van der Waals surface area (Å²) < 4.78 is 4.73. The van der Waals surface area contributed by atoms with Gasteiger partial charge in [-0.3, -0.25) is 4.57 Å². The normalized spacial score (nSPS) is 13.4. The van der Waals surface area contributed by atoms with Crippen LogP contribution in [-0.2, 0) is 5.41 Å². The molecule has 12 aromatic rings. The van der Waals surface area contributed by atoms with Crippen molar-refractivity contribution in [3.05, 3.63) is 193 Å². The average Bonchev–Trinajstić information content (AvgIpc) is 3.89. The van der Waals surface area contributed by atoms with Crippen LogP contribution in [0.25, 0.3) is 110 Å². The van der Waals surface area contributed by atoms with Crippen molar-refractivity contribution in [3.63, 3.8) is 0 Å². The maximum absolute atomic E-state index is 5.52. The molecule has 9 aromatic carbocycles. The Bertz CT molecular complexity index is 3770. The summed E-state index contributed by atoms with van der Waals surface area (Å²) in [5, 5.41) is 10.8. The van der Waals surface area contributed by atoms with Crippen molar-refractivity contribution in [1.29, 1.82) is 0 Å². The highest BCUT2D eigenvalue weighted by molar-refractivity contribution is 6.22. The molecule has 1 aliphatic carbocycles. The van der Waals surface area contributed by atoms with E-state index in [0.717, 1.165) is 38.9 Å². The monoisotopic (exact) mass is 752 g/mol. The summed E-state index contributed by atoms with van der Waals surface area (Å²) in [4.78, 5) is 10.8. The molecule has 0 N–H and O–H groups in total. The van der Waals surface area contributed by atoms with Crippen LogP contribution in [0.2, 0.25) is 0 Å². The standard InChI is InChI=1S/C55H36N4/c1-55(2)45-19-9-5-15-38(45)39-28-25-35(31-46(39)55)52-42-17-6-10-20-47(42)56-54(57-52)59-49-22-12-8-18-43(49)51-44-32-36(27-23-34(44)26-30-50(51)59)58-48-21-11-7-16-40(48)41-29-24-33-13-3-4-14-37(33)53(41)58/h3-32H,1-2H3. The van der Waals surface area contributed by atoms with Crippen LogP contribution >= 0.6 is 0 Å². The second-order valence-electron chi connectivity index (χ2n) is 16.6. The Hall–Kier alpha value is -7.56. The quantitative estimate of drug-likeness (QED) is 0.180. The maximum Gasteiger partial charge on any atom is 0.235 e. The summed E-state index contributed by atoms with van der Waals surface area (Å²) in [5.41, 5.74) is 13.9. The van der Waals surface area contributed by atoms with Crippen LogP contribution in [0.4, 0.5) is 0 Å². The molecular weight excluding hydrogens is 717 g/mol. The first-order valence-corrected chi connectivity index (χ1v) is 20.4. The molecule has 0 saturated carbocycles. The third kappa shape index (κ3) is 4.43. The van der Waals surface area contributed by atoms with Gasteiger partial charge in [0.1, 0.15) is 0 Å². The van der Waals surface area contributed by atoms with Crippen LogP contribution in [0.5, 0.6) is 0 Å². The molecule has 0 unspecified atom stereocenters. The van der Waals surface area contributed by atoms with Gasteiger partial charge in [0.15, 0.2) is 0 Å². The maximum atomic E-state index is 5.52. The molecule has 0 atom stereocenters. The van der Waals surface area contributed by atoms with Crippen LogP contribution in [0, 0.1) is 0 Å². The molecule has 59 heavy (non-hydrogen) atoms. The highest BCUT2D eigenvalue weighted by Crippen LogP contribution is 2.50. The number of hydrogen-bond acceptors (Lipinski definition) is 2. The van der Waals surface area contributed by atoms with E-state index in [1.807, 2.05) is 0 Å². The Morgan fingerprint density at radius 3 is 1.97 bits per heavy atom. The topological polar surface area (TPSA) is 35.6 Å². The van der Waals surface area contributed by atoms with Gasteiger partial charge in [0.25, 0.3) is 0 Å². The second kappa shape index (κ2) is 11.7. The molecule has 0 bridgehead atoms. The molecule has 3 heterocycles. The molecule has 0 saturated heterocycles. The van der Waals surface area contributed by atoms with Crippen molar-refractivity contribution in [2.75, 3.05) is 0 Å². The van der Waals surface area contributed by atoms with Crippen LogP contribution in [0.3, 0.4) is 0 Å². The van der Waals surface area contributed by atoms with Gasteiger partial charge in [0.05, 0.1) is 33.3 Å². The molecule has 0 spiro atoms. The Morgan fingerprint density at radius 2 is 1.08 bits per heavy atom. The summed E-state index contributed by atoms with van der Waals surface area (Å²) in [5.74, 6) is 0.664. The Balaban J connectivity index is 1.07. The van der Waals surface area contributed by atoms with Gasteiger partial charge in [-0.1, -0.05) is 153 Å². The second-order valence-corrected chi connectivity index (χ2v) is 16.6. The fraction of sp³-hybridized carbons (Fsp3) is 0.0545. The van der Waals surface area contributed by atoms with Crippen molar-refractivity contribution >= 4 is 76.1 Å². The molecule has 13 rings (SSSR count). The van der Waals surface area contributed by atoms with Crippen molar-refractivity contribution in [3.8, 4) is 34.0 Å². The summed E-state index contributed by atoms with van der Waals surface area (Å²) in [6.07, 6.45) is 0. The van der Waals surface area contributed by atoms with Crippen molar-refractivity contribution in [1.82, 2.24) is 19.1 Å². The molecule has 0 radical (unpaired) electrons. The lowest BCUT2D eigenvalue weighted by atomic mass is 9.82. The Kier molecular flexibility index (Phi) is 6.48. The minimum Gasteiger partial charge on any atom is -0.309 e. The lowest BCUT2D eigenvalue weighted by Crippen LogP contribution is -2.15. The first-order valence-electron chi connectivity index (χ1n) is 20.4. The number of benzene rings is 9. The van der Waals surface area contributed by atoms with E-state index in [1.54, 1.807) is 0 Å². The molecule has 4 heteroatoms. The molecule has 1 aliphatic rings. The number of para-hydroxylation sites is 3. The zero-order valence-corrected chi connectivity index (χ0v) is 32.6. The highest BCUT2D eigenvalue weighted by atomic mass is 15.2. The first kappa shape index (κ1) is 32.5. The molecule has 0 aliphatic heterocycles. The predicted octanol–water partition coefficient (Wildman–Crippen LogP) is 14.1. The van der Waals surface area contributed by atoms with Gasteiger partial charge >= 0.3 is 0 Å². The highest BCUT2D eigenvalue weighted by Gasteiger charge is 2.35. The Labute approximate surface area is 340 Å². The summed E-state index contributed by atoms with van der Waals surface area (Å²) in [7, 11) is 0. The van der Waals surface area contributed by atoms with Crippen LogP contribution in [0.15, 0.2) is 182 Å². The van der Waals surface area contributed by atoms with Gasteiger partial charge in [-0.05, 0) is 80.9 Å². The third-order valence-corrected chi connectivity index (χ3v) is 13.1. The van der Waals surface area contributed by atoms with Gasteiger partial charge in [-0.15, -0.1) is 0 Å². The first-order chi connectivity index (χ1) is 29.0. The van der Waals surface area contributed by atoms with E-state index in [4.69, 9.17) is 9.97 Å². The van der Waals surface area contributed by atoms with E-state index in [-0.39, 0.29) is 5.41 Å². The van der Waals surface area contributed by atoms with E-state index >= 15 is 0 Å². The molecular formula is C55H36N4. The molecule has 0 fully saturated rings. The fourth-order valence-electron chi connectivity index (χ4n) is 10.4. The summed E-state index contributed by atoms with van der Waals surface area (Å²) >= 11 is 0. The molecule has 276 valence electrons. The Morgan fingerprint density at radius 1 is 0.424 bits per heavy atom. The average molecular weight is 753 g/mol. The lowest BCUT2D eigenvalue weighted by molar-refractivity contribution is 0.660. The number of nitrogens with zero attached hydrogens (tertiary/aromatic N) is 4. The fourth-order valence-corrected chi connectivity index (χ4v) is 10.4. The number of hydrogen-bond donors (Lipinski definition) is 0. The lowest BCUT2D eigenvalue weighted by Gasteiger charge is -2.22. The van der Waals surface area contributed by atoms with Crippen LogP contribution in [0.1, 0.15) is 25.0 Å². The van der Waals surface area contributed by atoms with E-state index in [9.17, 15) is 0 Å².